The van der Waals surface area contributed by atoms with Crippen LogP contribution in [-0.2, 0) is 6.54 Å². The fourth-order valence-electron chi connectivity index (χ4n) is 1.81. The van der Waals surface area contributed by atoms with E-state index in [0.29, 0.717) is 10.6 Å². The lowest BCUT2D eigenvalue weighted by Gasteiger charge is -2.14. The van der Waals surface area contributed by atoms with Gasteiger partial charge in [0.25, 0.3) is 0 Å². The number of nitrogens with zero attached hydrogens (tertiary/aromatic N) is 3. The van der Waals surface area contributed by atoms with Gasteiger partial charge in [0.05, 0.1) is 22.8 Å². The highest BCUT2D eigenvalue weighted by Gasteiger charge is 2.09. The smallest absolute Gasteiger partial charge is 0.101 e. The van der Waals surface area contributed by atoms with Crippen molar-refractivity contribution in [1.29, 1.82) is 5.26 Å². The molecule has 1 heterocycles. The van der Waals surface area contributed by atoms with Crippen molar-refractivity contribution in [3.8, 4) is 6.07 Å². The summed E-state index contributed by atoms with van der Waals surface area (Å²) in [6.45, 7) is 4.97. The summed E-state index contributed by atoms with van der Waals surface area (Å²) in [5, 5.41) is 16.9. The van der Waals surface area contributed by atoms with Crippen LogP contribution < -0.4 is 5.32 Å². The molecule has 1 aromatic carbocycles. The highest BCUT2D eigenvalue weighted by molar-refractivity contribution is 6.32. The maximum atomic E-state index is 8.83. The van der Waals surface area contributed by atoms with Crippen molar-refractivity contribution in [3.05, 3.63) is 46.7 Å². The number of nitriles is 1. The summed E-state index contributed by atoms with van der Waals surface area (Å²) in [5.74, 6) is 0. The molecular formula is C14H15ClN4. The Bertz CT molecular complexity index is 612. The van der Waals surface area contributed by atoms with Crippen molar-refractivity contribution >= 4 is 17.3 Å². The summed E-state index contributed by atoms with van der Waals surface area (Å²) >= 11 is 6.01. The fourth-order valence-corrected chi connectivity index (χ4v) is 2.03. The third kappa shape index (κ3) is 3.07. The van der Waals surface area contributed by atoms with Gasteiger partial charge in [-0.1, -0.05) is 11.6 Å². The lowest BCUT2D eigenvalue weighted by atomic mass is 10.1. The Balaban J connectivity index is 2.12. The molecule has 5 heteroatoms. The normalized spacial score (nSPS) is 11.9. The van der Waals surface area contributed by atoms with Gasteiger partial charge >= 0.3 is 0 Å². The molecule has 0 aliphatic carbocycles. The Labute approximate surface area is 117 Å². The molecular weight excluding hydrogens is 260 g/mol. The molecule has 0 saturated heterocycles. The van der Waals surface area contributed by atoms with Crippen LogP contribution in [0.25, 0.3) is 0 Å². The Kier molecular flexibility index (Phi) is 4.08. The molecule has 2 aromatic rings. The standard InChI is InChI=1S/C14H15ClN4/c1-3-19-9-12(8-17-19)10(2)18-13-5-4-11(7-16)14(15)6-13/h4-6,8-10,18H,3H2,1-2H3. The quantitative estimate of drug-likeness (QED) is 0.927. The second-order valence-electron chi connectivity index (χ2n) is 4.30. The maximum Gasteiger partial charge on any atom is 0.101 e. The summed E-state index contributed by atoms with van der Waals surface area (Å²) in [6, 6.07) is 7.51. The third-order valence-electron chi connectivity index (χ3n) is 2.95. The van der Waals surface area contributed by atoms with Gasteiger partial charge < -0.3 is 5.32 Å². The zero-order chi connectivity index (χ0) is 13.8. The first kappa shape index (κ1) is 13.4. The maximum absolute atomic E-state index is 8.83. The lowest BCUT2D eigenvalue weighted by Crippen LogP contribution is -2.06. The van der Waals surface area contributed by atoms with E-state index in [9.17, 15) is 0 Å². The molecule has 0 spiro atoms. The zero-order valence-corrected chi connectivity index (χ0v) is 11.6. The van der Waals surface area contributed by atoms with Crippen LogP contribution in [0.3, 0.4) is 0 Å². The van der Waals surface area contributed by atoms with Crippen molar-refractivity contribution in [2.45, 2.75) is 26.4 Å². The van der Waals surface area contributed by atoms with E-state index in [2.05, 4.69) is 24.3 Å². The minimum absolute atomic E-state index is 0.129. The minimum Gasteiger partial charge on any atom is -0.378 e. The van der Waals surface area contributed by atoms with E-state index in [1.54, 1.807) is 12.1 Å². The number of aromatic nitrogens is 2. The third-order valence-corrected chi connectivity index (χ3v) is 3.26. The zero-order valence-electron chi connectivity index (χ0n) is 10.9. The van der Waals surface area contributed by atoms with Gasteiger partial charge in [-0.15, -0.1) is 0 Å². The van der Waals surface area contributed by atoms with Gasteiger partial charge in [-0.05, 0) is 32.0 Å². The predicted molar refractivity (Wildman–Crippen MR) is 76.1 cm³/mol. The molecule has 1 aromatic heterocycles. The molecule has 2 rings (SSSR count). The second kappa shape index (κ2) is 5.77. The summed E-state index contributed by atoms with van der Waals surface area (Å²) in [4.78, 5) is 0. The number of benzene rings is 1. The molecule has 0 aliphatic rings. The van der Waals surface area contributed by atoms with E-state index < -0.39 is 0 Å². The SMILES string of the molecule is CCn1cc(C(C)Nc2ccc(C#N)c(Cl)c2)cn1. The van der Waals surface area contributed by atoms with E-state index >= 15 is 0 Å². The fraction of sp³-hybridized carbons (Fsp3) is 0.286. The molecule has 4 nitrogen and oxygen atoms in total. The van der Waals surface area contributed by atoms with Crippen LogP contribution in [0.5, 0.6) is 0 Å². The Morgan fingerprint density at radius 3 is 2.89 bits per heavy atom. The Hall–Kier alpha value is -1.99. The van der Waals surface area contributed by atoms with Crippen LogP contribution in [0.1, 0.15) is 31.0 Å². The highest BCUT2D eigenvalue weighted by atomic mass is 35.5. The monoisotopic (exact) mass is 274 g/mol. The van der Waals surface area contributed by atoms with E-state index in [-0.39, 0.29) is 6.04 Å². The van der Waals surface area contributed by atoms with Gasteiger partial charge in [0.15, 0.2) is 0 Å². The second-order valence-corrected chi connectivity index (χ2v) is 4.71. The molecule has 98 valence electrons. The van der Waals surface area contributed by atoms with Gasteiger partial charge in [-0.3, -0.25) is 4.68 Å². The van der Waals surface area contributed by atoms with Crippen LogP contribution >= 0.6 is 11.6 Å². The van der Waals surface area contributed by atoms with Crippen molar-refractivity contribution < 1.29 is 0 Å². The van der Waals surface area contributed by atoms with Crippen molar-refractivity contribution in [3.63, 3.8) is 0 Å². The Morgan fingerprint density at radius 1 is 1.53 bits per heavy atom. The number of nitrogens with one attached hydrogen (secondary N) is 1. The van der Waals surface area contributed by atoms with Gasteiger partial charge in [-0.25, -0.2) is 0 Å². The molecule has 1 atom stereocenters. The summed E-state index contributed by atoms with van der Waals surface area (Å²) in [6.07, 6.45) is 3.87. The minimum atomic E-state index is 0.129. The molecule has 1 N–H and O–H groups in total. The molecule has 0 radical (unpaired) electrons. The van der Waals surface area contributed by atoms with Crippen LogP contribution in [0.4, 0.5) is 5.69 Å². The average Bonchev–Trinajstić information content (AvgIpc) is 2.88. The number of anilines is 1. The van der Waals surface area contributed by atoms with E-state index in [0.717, 1.165) is 17.8 Å². The van der Waals surface area contributed by atoms with Crippen LogP contribution in [0.15, 0.2) is 30.6 Å². The van der Waals surface area contributed by atoms with Crippen molar-refractivity contribution in [1.82, 2.24) is 9.78 Å². The number of hydrogen-bond acceptors (Lipinski definition) is 3. The van der Waals surface area contributed by atoms with Crippen LogP contribution in [0.2, 0.25) is 5.02 Å². The lowest BCUT2D eigenvalue weighted by molar-refractivity contribution is 0.658. The highest BCUT2D eigenvalue weighted by Crippen LogP contribution is 2.24. The van der Waals surface area contributed by atoms with Gasteiger partial charge in [0, 0.05) is 24.0 Å². The topological polar surface area (TPSA) is 53.6 Å². The van der Waals surface area contributed by atoms with Crippen LogP contribution in [0, 0.1) is 11.3 Å². The van der Waals surface area contributed by atoms with E-state index in [1.165, 1.54) is 0 Å². The van der Waals surface area contributed by atoms with Gasteiger partial charge in [0.2, 0.25) is 0 Å². The summed E-state index contributed by atoms with van der Waals surface area (Å²) < 4.78 is 1.89. The first-order valence-corrected chi connectivity index (χ1v) is 6.50. The summed E-state index contributed by atoms with van der Waals surface area (Å²) in [7, 11) is 0. The molecule has 0 aliphatic heterocycles. The summed E-state index contributed by atoms with van der Waals surface area (Å²) in [5.41, 5.74) is 2.49. The molecule has 0 saturated carbocycles. The van der Waals surface area contributed by atoms with E-state index in [4.69, 9.17) is 16.9 Å². The largest absolute Gasteiger partial charge is 0.378 e. The first-order chi connectivity index (χ1) is 9.13. The number of aryl methyl sites for hydroxylation is 1. The average molecular weight is 275 g/mol. The van der Waals surface area contributed by atoms with Gasteiger partial charge in [-0.2, -0.15) is 10.4 Å². The first-order valence-electron chi connectivity index (χ1n) is 6.12. The molecule has 0 amide bonds. The molecule has 0 bridgehead atoms. The molecule has 19 heavy (non-hydrogen) atoms. The van der Waals surface area contributed by atoms with Crippen molar-refractivity contribution in [2.24, 2.45) is 0 Å². The van der Waals surface area contributed by atoms with E-state index in [1.807, 2.05) is 29.2 Å². The Morgan fingerprint density at radius 2 is 2.32 bits per heavy atom. The molecule has 0 fully saturated rings. The molecule has 1 unspecified atom stereocenters. The number of rotatable bonds is 4. The number of hydrogen-bond donors (Lipinski definition) is 1. The number of halogens is 1. The van der Waals surface area contributed by atoms with Crippen molar-refractivity contribution in [2.75, 3.05) is 5.32 Å². The van der Waals surface area contributed by atoms with Crippen LogP contribution in [-0.4, -0.2) is 9.78 Å². The predicted octanol–water partition coefficient (Wildman–Crippen LogP) is 3.60. The van der Waals surface area contributed by atoms with Gasteiger partial charge in [0.1, 0.15) is 6.07 Å².